The largest absolute Gasteiger partial charge is 0.493 e. The number of nitrogens with zero attached hydrogens (tertiary/aromatic N) is 1. The van der Waals surface area contributed by atoms with Gasteiger partial charge in [0.15, 0.2) is 15.8 Å². The van der Waals surface area contributed by atoms with E-state index in [1.54, 1.807) is 12.0 Å². The number of amides is 1. The summed E-state index contributed by atoms with van der Waals surface area (Å²) in [6.45, 7) is 7.37. The first-order valence-electron chi connectivity index (χ1n) is 12.2. The highest BCUT2D eigenvalue weighted by molar-refractivity contribution is 8.27. The molecule has 5 nitrogen and oxygen atoms in total. The van der Waals surface area contributed by atoms with Gasteiger partial charge in [0.2, 0.25) is 0 Å². The van der Waals surface area contributed by atoms with Crippen molar-refractivity contribution < 1.29 is 19.0 Å². The van der Waals surface area contributed by atoms with Gasteiger partial charge in [-0.1, -0.05) is 80.3 Å². The van der Waals surface area contributed by atoms with E-state index >= 15 is 0 Å². The minimum absolute atomic E-state index is 0.150. The van der Waals surface area contributed by atoms with Crippen LogP contribution in [0.4, 0.5) is 5.69 Å². The van der Waals surface area contributed by atoms with E-state index in [0.29, 0.717) is 46.3 Å². The van der Waals surface area contributed by atoms with Crippen LogP contribution in [0.3, 0.4) is 0 Å². The van der Waals surface area contributed by atoms with Gasteiger partial charge in [0.25, 0.3) is 5.91 Å². The molecule has 1 saturated heterocycles. The van der Waals surface area contributed by atoms with Crippen molar-refractivity contribution in [1.29, 1.82) is 0 Å². The summed E-state index contributed by atoms with van der Waals surface area (Å²) in [7, 11) is 1.61. The fourth-order valence-electron chi connectivity index (χ4n) is 4.03. The summed E-state index contributed by atoms with van der Waals surface area (Å²) < 4.78 is 18.3. The molecule has 0 unspecified atom stereocenters. The van der Waals surface area contributed by atoms with Gasteiger partial charge in [0.05, 0.1) is 30.9 Å². The third-order valence-electron chi connectivity index (χ3n) is 5.91. The van der Waals surface area contributed by atoms with E-state index in [1.165, 1.54) is 22.9 Å². The van der Waals surface area contributed by atoms with E-state index in [1.807, 2.05) is 54.6 Å². The molecule has 0 N–H and O–H groups in total. The molecule has 0 atom stereocenters. The first-order valence-corrected chi connectivity index (χ1v) is 13.5. The molecule has 1 heterocycles. The van der Waals surface area contributed by atoms with Gasteiger partial charge in [-0.25, -0.2) is 0 Å². The molecule has 1 aliphatic rings. The Kier molecular flexibility index (Phi) is 8.90. The standard InChI is InChI=1S/C30H31NO4S2/c1-20(2)24-15-14-21(3)18-26(24)34-16-9-17-35-28-22(10-8-13-25(28)33-4)19-27-29(32)31(30(36)37-27)23-11-6-5-7-12-23/h5-8,10-15,18-20H,9,16-17H2,1-4H3. The Hall–Kier alpha value is -3.29. The molecular formula is C30H31NO4S2. The van der Waals surface area contributed by atoms with Gasteiger partial charge >= 0.3 is 0 Å². The van der Waals surface area contributed by atoms with E-state index in [-0.39, 0.29) is 5.91 Å². The maximum Gasteiger partial charge on any atom is 0.270 e. The van der Waals surface area contributed by atoms with Crippen molar-refractivity contribution >= 4 is 46.0 Å². The second-order valence-corrected chi connectivity index (χ2v) is 10.7. The summed E-state index contributed by atoms with van der Waals surface area (Å²) in [5.41, 5.74) is 3.89. The van der Waals surface area contributed by atoms with Crippen LogP contribution in [0.15, 0.2) is 71.6 Å². The molecule has 0 saturated carbocycles. The first kappa shape index (κ1) is 26.8. The lowest BCUT2D eigenvalue weighted by Crippen LogP contribution is -2.27. The molecule has 0 radical (unpaired) electrons. The summed E-state index contributed by atoms with van der Waals surface area (Å²) in [5.74, 6) is 2.36. The fraction of sp³-hybridized carbons (Fsp3) is 0.267. The van der Waals surface area contributed by atoms with Gasteiger partial charge in [0.1, 0.15) is 5.75 Å². The van der Waals surface area contributed by atoms with E-state index < -0.39 is 0 Å². The van der Waals surface area contributed by atoms with Gasteiger partial charge < -0.3 is 14.2 Å². The number of rotatable bonds is 10. The average molecular weight is 534 g/mol. The number of thioether (sulfide) groups is 1. The van der Waals surface area contributed by atoms with Crippen molar-refractivity contribution in [2.75, 3.05) is 25.2 Å². The molecule has 1 aliphatic heterocycles. The summed E-state index contributed by atoms with van der Waals surface area (Å²) in [4.78, 5) is 15.3. The van der Waals surface area contributed by atoms with E-state index in [4.69, 9.17) is 26.4 Å². The van der Waals surface area contributed by atoms with Crippen molar-refractivity contribution in [2.45, 2.75) is 33.1 Å². The van der Waals surface area contributed by atoms with Crippen LogP contribution in [0.2, 0.25) is 0 Å². The zero-order chi connectivity index (χ0) is 26.4. The third kappa shape index (κ3) is 6.35. The molecule has 1 amide bonds. The Morgan fingerprint density at radius 1 is 0.973 bits per heavy atom. The molecule has 37 heavy (non-hydrogen) atoms. The summed E-state index contributed by atoms with van der Waals surface area (Å²) in [5, 5.41) is 0. The minimum Gasteiger partial charge on any atom is -0.493 e. The summed E-state index contributed by atoms with van der Waals surface area (Å²) in [6.07, 6.45) is 2.51. The SMILES string of the molecule is COc1cccc(C=C2SC(=S)N(c3ccccc3)C2=O)c1OCCCOc1cc(C)ccc1C(C)C. The topological polar surface area (TPSA) is 48.0 Å². The Morgan fingerprint density at radius 3 is 2.46 bits per heavy atom. The van der Waals surface area contributed by atoms with Crippen LogP contribution < -0.4 is 19.1 Å². The molecule has 3 aromatic carbocycles. The van der Waals surface area contributed by atoms with Crippen LogP contribution in [-0.2, 0) is 4.79 Å². The molecule has 0 bridgehead atoms. The molecule has 0 aromatic heterocycles. The van der Waals surface area contributed by atoms with Crippen molar-refractivity contribution in [3.05, 3.63) is 88.3 Å². The predicted octanol–water partition coefficient (Wildman–Crippen LogP) is 7.38. The van der Waals surface area contributed by atoms with Crippen molar-refractivity contribution in [1.82, 2.24) is 0 Å². The maximum absolute atomic E-state index is 13.2. The normalized spacial score (nSPS) is 14.5. The molecule has 4 rings (SSSR count). The Labute approximate surface area is 228 Å². The lowest BCUT2D eigenvalue weighted by Gasteiger charge is -2.16. The number of methoxy groups -OCH3 is 1. The summed E-state index contributed by atoms with van der Waals surface area (Å²) >= 11 is 6.78. The smallest absolute Gasteiger partial charge is 0.270 e. The van der Waals surface area contributed by atoms with Gasteiger partial charge in [-0.15, -0.1) is 0 Å². The predicted molar refractivity (Wildman–Crippen MR) is 156 cm³/mol. The van der Waals surface area contributed by atoms with Gasteiger partial charge in [0, 0.05) is 12.0 Å². The minimum atomic E-state index is -0.150. The van der Waals surface area contributed by atoms with Gasteiger partial charge in [-0.2, -0.15) is 0 Å². The second kappa shape index (κ2) is 12.3. The quantitative estimate of drug-likeness (QED) is 0.154. The number of ether oxygens (including phenoxy) is 3. The highest BCUT2D eigenvalue weighted by Crippen LogP contribution is 2.39. The van der Waals surface area contributed by atoms with E-state index in [0.717, 1.165) is 17.0 Å². The Balaban J connectivity index is 1.45. The number of carbonyl (C=O) groups excluding carboxylic acids is 1. The van der Waals surface area contributed by atoms with Crippen LogP contribution in [0, 0.1) is 6.92 Å². The van der Waals surface area contributed by atoms with Crippen molar-refractivity contribution in [3.63, 3.8) is 0 Å². The van der Waals surface area contributed by atoms with Gasteiger partial charge in [-0.3, -0.25) is 9.69 Å². The van der Waals surface area contributed by atoms with Crippen molar-refractivity contribution in [2.24, 2.45) is 0 Å². The monoisotopic (exact) mass is 533 g/mol. The first-order chi connectivity index (χ1) is 17.9. The van der Waals surface area contributed by atoms with Crippen LogP contribution in [0.25, 0.3) is 6.08 Å². The van der Waals surface area contributed by atoms with Crippen LogP contribution in [0.5, 0.6) is 17.2 Å². The number of para-hydroxylation sites is 2. The van der Waals surface area contributed by atoms with Crippen molar-refractivity contribution in [3.8, 4) is 17.2 Å². The molecule has 0 aliphatic carbocycles. The van der Waals surface area contributed by atoms with Crippen LogP contribution >= 0.6 is 24.0 Å². The highest BCUT2D eigenvalue weighted by atomic mass is 32.2. The van der Waals surface area contributed by atoms with Crippen LogP contribution in [0.1, 0.15) is 42.9 Å². The molecule has 1 fully saturated rings. The summed E-state index contributed by atoms with van der Waals surface area (Å²) in [6, 6.07) is 21.4. The zero-order valence-corrected chi connectivity index (χ0v) is 23.2. The molecule has 192 valence electrons. The number of aryl methyl sites for hydroxylation is 1. The maximum atomic E-state index is 13.2. The number of hydrogen-bond donors (Lipinski definition) is 0. The van der Waals surface area contributed by atoms with Gasteiger partial charge in [-0.05, 0) is 54.3 Å². The molecule has 3 aromatic rings. The third-order valence-corrected chi connectivity index (χ3v) is 7.21. The number of benzene rings is 3. The lowest BCUT2D eigenvalue weighted by atomic mass is 10.0. The average Bonchev–Trinajstić information content (AvgIpc) is 3.17. The number of carbonyl (C=O) groups is 1. The molecule has 7 heteroatoms. The van der Waals surface area contributed by atoms with Crippen LogP contribution in [-0.4, -0.2) is 30.6 Å². The van der Waals surface area contributed by atoms with E-state index in [9.17, 15) is 4.79 Å². The lowest BCUT2D eigenvalue weighted by molar-refractivity contribution is -0.113. The molecule has 0 spiro atoms. The Bertz CT molecular complexity index is 1300. The highest BCUT2D eigenvalue weighted by Gasteiger charge is 2.33. The zero-order valence-electron chi connectivity index (χ0n) is 21.5. The number of anilines is 1. The number of hydrogen-bond acceptors (Lipinski definition) is 6. The molecular weight excluding hydrogens is 502 g/mol. The number of thiocarbonyl (C=S) groups is 1. The fourth-order valence-corrected chi connectivity index (χ4v) is 5.32. The Morgan fingerprint density at radius 2 is 1.73 bits per heavy atom. The second-order valence-electron chi connectivity index (χ2n) is 8.98. The van der Waals surface area contributed by atoms with E-state index in [2.05, 4.69) is 39.0 Å².